The molecule has 112 valence electrons. The first-order valence-electron chi connectivity index (χ1n) is 6.95. The Labute approximate surface area is 136 Å². The molecule has 0 unspecified atom stereocenters. The van der Waals surface area contributed by atoms with Crippen LogP contribution in [-0.4, -0.2) is 4.98 Å². The summed E-state index contributed by atoms with van der Waals surface area (Å²) in [5.41, 5.74) is 2.28. The van der Waals surface area contributed by atoms with Crippen LogP contribution in [0.3, 0.4) is 0 Å². The minimum atomic E-state index is 0.169. The SMILES string of the molecule is CCC(C)(C)c1ccc(Oc2cc(CCl)c(Cl)cn2)cc1. The van der Waals surface area contributed by atoms with Crippen molar-refractivity contribution in [1.29, 1.82) is 0 Å². The van der Waals surface area contributed by atoms with Crippen molar-refractivity contribution < 1.29 is 4.74 Å². The van der Waals surface area contributed by atoms with Crippen LogP contribution < -0.4 is 4.74 Å². The molecule has 1 aromatic carbocycles. The quantitative estimate of drug-likeness (QED) is 0.634. The molecule has 2 nitrogen and oxygen atoms in total. The van der Waals surface area contributed by atoms with Gasteiger partial charge in [-0.05, 0) is 35.1 Å². The van der Waals surface area contributed by atoms with Gasteiger partial charge in [0.1, 0.15) is 5.75 Å². The van der Waals surface area contributed by atoms with Crippen LogP contribution >= 0.6 is 23.2 Å². The Bertz CT molecular complexity index is 609. The largest absolute Gasteiger partial charge is 0.439 e. The zero-order valence-corrected chi connectivity index (χ0v) is 14.0. The highest BCUT2D eigenvalue weighted by molar-refractivity contribution is 6.32. The molecule has 2 aromatic rings. The summed E-state index contributed by atoms with van der Waals surface area (Å²) in [6, 6.07) is 9.88. The average molecular weight is 324 g/mol. The van der Waals surface area contributed by atoms with E-state index in [1.807, 2.05) is 12.1 Å². The van der Waals surface area contributed by atoms with Gasteiger partial charge in [0.25, 0.3) is 0 Å². The first-order chi connectivity index (χ1) is 9.96. The standard InChI is InChI=1S/C17H19Cl2NO/c1-4-17(2,3)13-5-7-14(8-6-13)21-16-9-12(10-18)15(19)11-20-16/h5-9,11H,4,10H2,1-3H3. The Morgan fingerprint density at radius 2 is 1.86 bits per heavy atom. The van der Waals surface area contributed by atoms with Crippen LogP contribution in [0.5, 0.6) is 11.6 Å². The lowest BCUT2D eigenvalue weighted by Crippen LogP contribution is -2.14. The fourth-order valence-electron chi connectivity index (χ4n) is 1.92. The van der Waals surface area contributed by atoms with Gasteiger partial charge in [-0.15, -0.1) is 11.6 Å². The lowest BCUT2D eigenvalue weighted by Gasteiger charge is -2.23. The Hall–Kier alpha value is -1.25. The molecule has 0 bridgehead atoms. The molecule has 1 aromatic heterocycles. The van der Waals surface area contributed by atoms with Crippen molar-refractivity contribution in [2.75, 3.05) is 0 Å². The molecule has 0 radical (unpaired) electrons. The van der Waals surface area contributed by atoms with Crippen LogP contribution in [0.25, 0.3) is 0 Å². The molecule has 2 rings (SSSR count). The second-order valence-electron chi connectivity index (χ2n) is 5.61. The number of benzene rings is 1. The van der Waals surface area contributed by atoms with Gasteiger partial charge in [0.05, 0.1) is 5.02 Å². The van der Waals surface area contributed by atoms with E-state index in [-0.39, 0.29) is 5.41 Å². The van der Waals surface area contributed by atoms with Crippen LogP contribution in [0.1, 0.15) is 38.3 Å². The summed E-state index contributed by atoms with van der Waals surface area (Å²) in [4.78, 5) is 4.16. The molecule has 0 aliphatic rings. The zero-order valence-electron chi connectivity index (χ0n) is 12.5. The van der Waals surface area contributed by atoms with Crippen LogP contribution in [-0.2, 0) is 11.3 Å². The lowest BCUT2D eigenvalue weighted by atomic mass is 9.82. The fourth-order valence-corrected chi connectivity index (χ4v) is 2.38. The number of aromatic nitrogens is 1. The van der Waals surface area contributed by atoms with Gasteiger partial charge in [-0.3, -0.25) is 0 Å². The predicted octanol–water partition coefficient (Wildman–Crippen LogP) is 5.95. The molecule has 0 saturated carbocycles. The van der Waals surface area contributed by atoms with E-state index >= 15 is 0 Å². The number of halogens is 2. The normalized spacial score (nSPS) is 11.5. The Kier molecular flexibility index (Phi) is 5.13. The molecule has 21 heavy (non-hydrogen) atoms. The van der Waals surface area contributed by atoms with Crippen LogP contribution in [0.2, 0.25) is 5.02 Å². The second kappa shape index (κ2) is 6.67. The van der Waals surface area contributed by atoms with Crippen molar-refractivity contribution in [1.82, 2.24) is 4.98 Å². The maximum atomic E-state index is 5.98. The molecule has 0 amide bonds. The number of rotatable bonds is 5. The van der Waals surface area contributed by atoms with Gasteiger partial charge in [-0.25, -0.2) is 4.98 Å². The fraction of sp³-hybridized carbons (Fsp3) is 0.353. The van der Waals surface area contributed by atoms with E-state index < -0.39 is 0 Å². The van der Waals surface area contributed by atoms with E-state index in [1.54, 1.807) is 12.3 Å². The Morgan fingerprint density at radius 3 is 2.43 bits per heavy atom. The third kappa shape index (κ3) is 3.90. The highest BCUT2D eigenvalue weighted by Crippen LogP contribution is 2.30. The zero-order chi connectivity index (χ0) is 15.5. The summed E-state index contributed by atoms with van der Waals surface area (Å²) in [6.45, 7) is 6.66. The van der Waals surface area contributed by atoms with Gasteiger partial charge in [0, 0.05) is 18.1 Å². The minimum absolute atomic E-state index is 0.169. The molecule has 0 atom stereocenters. The third-order valence-corrected chi connectivity index (χ3v) is 4.42. The molecular weight excluding hydrogens is 305 g/mol. The summed E-state index contributed by atoms with van der Waals surface area (Å²) in [6.07, 6.45) is 2.65. The maximum absolute atomic E-state index is 5.98. The van der Waals surface area contributed by atoms with Crippen molar-refractivity contribution in [3.8, 4) is 11.6 Å². The van der Waals surface area contributed by atoms with E-state index in [2.05, 4.69) is 37.9 Å². The first-order valence-corrected chi connectivity index (χ1v) is 7.86. The number of alkyl halides is 1. The molecule has 1 heterocycles. The second-order valence-corrected chi connectivity index (χ2v) is 6.29. The van der Waals surface area contributed by atoms with Crippen LogP contribution in [0.4, 0.5) is 0 Å². The van der Waals surface area contributed by atoms with Gasteiger partial charge >= 0.3 is 0 Å². The van der Waals surface area contributed by atoms with Crippen molar-refractivity contribution >= 4 is 23.2 Å². The summed E-state index contributed by atoms with van der Waals surface area (Å²) < 4.78 is 5.75. The number of pyridine rings is 1. The Morgan fingerprint density at radius 1 is 1.19 bits per heavy atom. The lowest BCUT2D eigenvalue weighted by molar-refractivity contribution is 0.460. The van der Waals surface area contributed by atoms with Crippen LogP contribution in [0, 0.1) is 0 Å². The number of hydrogen-bond acceptors (Lipinski definition) is 2. The molecule has 0 spiro atoms. The van der Waals surface area contributed by atoms with Gasteiger partial charge in [0.2, 0.25) is 5.88 Å². The monoisotopic (exact) mass is 323 g/mol. The number of ether oxygens (including phenoxy) is 1. The highest BCUT2D eigenvalue weighted by Gasteiger charge is 2.17. The van der Waals surface area contributed by atoms with E-state index in [1.165, 1.54) is 5.56 Å². The van der Waals surface area contributed by atoms with Gasteiger partial charge in [-0.2, -0.15) is 0 Å². The van der Waals surface area contributed by atoms with Crippen molar-refractivity contribution in [3.05, 3.63) is 52.7 Å². The summed E-state index contributed by atoms with van der Waals surface area (Å²) >= 11 is 11.8. The maximum Gasteiger partial charge on any atom is 0.219 e. The molecule has 4 heteroatoms. The van der Waals surface area contributed by atoms with E-state index in [4.69, 9.17) is 27.9 Å². The minimum Gasteiger partial charge on any atom is -0.439 e. The highest BCUT2D eigenvalue weighted by atomic mass is 35.5. The van der Waals surface area contributed by atoms with Crippen molar-refractivity contribution in [2.45, 2.75) is 38.5 Å². The molecule has 0 fully saturated rings. The van der Waals surface area contributed by atoms with E-state index in [9.17, 15) is 0 Å². The molecule has 0 saturated heterocycles. The van der Waals surface area contributed by atoms with Crippen molar-refractivity contribution in [2.24, 2.45) is 0 Å². The topological polar surface area (TPSA) is 22.1 Å². The number of hydrogen-bond donors (Lipinski definition) is 0. The first kappa shape index (κ1) is 16.1. The smallest absolute Gasteiger partial charge is 0.219 e. The summed E-state index contributed by atoms with van der Waals surface area (Å²) in [7, 11) is 0. The van der Waals surface area contributed by atoms with Gasteiger partial charge in [-0.1, -0.05) is 44.5 Å². The van der Waals surface area contributed by atoms with Crippen LogP contribution in [0.15, 0.2) is 36.5 Å². The average Bonchev–Trinajstić information content (AvgIpc) is 2.49. The molecule has 0 aliphatic heterocycles. The Balaban J connectivity index is 2.17. The van der Waals surface area contributed by atoms with Crippen molar-refractivity contribution in [3.63, 3.8) is 0 Å². The molecule has 0 N–H and O–H groups in total. The van der Waals surface area contributed by atoms with Gasteiger partial charge in [0.15, 0.2) is 0 Å². The molecule has 0 aliphatic carbocycles. The van der Waals surface area contributed by atoms with E-state index in [0.29, 0.717) is 16.8 Å². The summed E-state index contributed by atoms with van der Waals surface area (Å²) in [5.74, 6) is 1.58. The molecular formula is C17H19Cl2NO. The van der Waals surface area contributed by atoms with E-state index in [0.717, 1.165) is 17.7 Å². The third-order valence-electron chi connectivity index (χ3n) is 3.80. The summed E-state index contributed by atoms with van der Waals surface area (Å²) in [5, 5.41) is 0.553. The number of nitrogens with zero attached hydrogens (tertiary/aromatic N) is 1. The predicted molar refractivity (Wildman–Crippen MR) is 88.6 cm³/mol. The van der Waals surface area contributed by atoms with Gasteiger partial charge < -0.3 is 4.74 Å².